The van der Waals surface area contributed by atoms with Crippen molar-refractivity contribution in [1.82, 2.24) is 4.90 Å². The van der Waals surface area contributed by atoms with Gasteiger partial charge in [-0.1, -0.05) is 6.08 Å². The van der Waals surface area contributed by atoms with Crippen molar-refractivity contribution in [3.8, 4) is 0 Å². The van der Waals surface area contributed by atoms with Crippen LogP contribution in [-0.4, -0.2) is 36.3 Å². The van der Waals surface area contributed by atoms with Gasteiger partial charge in [0.1, 0.15) is 5.60 Å². The SMILES string of the molecule is CC(C)(C)OC(=O)N1CC=C(CON)CC1. The van der Waals surface area contributed by atoms with Crippen molar-refractivity contribution in [3.05, 3.63) is 11.6 Å². The monoisotopic (exact) mass is 228 g/mol. The first-order chi connectivity index (χ1) is 7.42. The van der Waals surface area contributed by atoms with Crippen molar-refractivity contribution in [1.29, 1.82) is 0 Å². The van der Waals surface area contributed by atoms with Crippen LogP contribution < -0.4 is 5.90 Å². The van der Waals surface area contributed by atoms with Gasteiger partial charge >= 0.3 is 6.09 Å². The summed E-state index contributed by atoms with van der Waals surface area (Å²) in [5.74, 6) is 4.99. The van der Waals surface area contributed by atoms with E-state index < -0.39 is 5.60 Å². The molecule has 1 aliphatic rings. The zero-order valence-corrected chi connectivity index (χ0v) is 10.2. The molecule has 92 valence electrons. The second-order valence-electron chi connectivity index (χ2n) is 4.85. The zero-order chi connectivity index (χ0) is 12.2. The maximum Gasteiger partial charge on any atom is 0.410 e. The van der Waals surface area contributed by atoms with Gasteiger partial charge in [-0.25, -0.2) is 10.7 Å². The molecule has 2 N–H and O–H groups in total. The van der Waals surface area contributed by atoms with E-state index in [1.807, 2.05) is 26.8 Å². The molecule has 0 saturated carbocycles. The molecule has 5 nitrogen and oxygen atoms in total. The van der Waals surface area contributed by atoms with Gasteiger partial charge in [0.05, 0.1) is 6.61 Å². The summed E-state index contributed by atoms with van der Waals surface area (Å²) in [6, 6.07) is 0. The van der Waals surface area contributed by atoms with Crippen LogP contribution in [0.2, 0.25) is 0 Å². The van der Waals surface area contributed by atoms with Crippen LogP contribution in [0.1, 0.15) is 27.2 Å². The van der Waals surface area contributed by atoms with E-state index in [4.69, 9.17) is 10.6 Å². The van der Waals surface area contributed by atoms with E-state index in [0.29, 0.717) is 19.7 Å². The molecule has 1 amide bonds. The second-order valence-corrected chi connectivity index (χ2v) is 4.85. The quantitative estimate of drug-likeness (QED) is 0.574. The van der Waals surface area contributed by atoms with Crippen molar-refractivity contribution in [2.45, 2.75) is 32.8 Å². The molecular weight excluding hydrogens is 208 g/mol. The molecule has 0 spiro atoms. The van der Waals surface area contributed by atoms with E-state index in [1.54, 1.807) is 4.90 Å². The molecule has 0 radical (unpaired) electrons. The van der Waals surface area contributed by atoms with Gasteiger partial charge in [0.2, 0.25) is 0 Å². The lowest BCUT2D eigenvalue weighted by molar-refractivity contribution is 0.0261. The highest BCUT2D eigenvalue weighted by molar-refractivity contribution is 5.68. The summed E-state index contributed by atoms with van der Waals surface area (Å²) in [6.45, 7) is 7.23. The number of nitrogens with zero attached hydrogens (tertiary/aromatic N) is 1. The fraction of sp³-hybridized carbons (Fsp3) is 0.727. The molecule has 0 aromatic rings. The molecule has 0 fully saturated rings. The van der Waals surface area contributed by atoms with Crippen molar-refractivity contribution in [2.75, 3.05) is 19.7 Å². The molecule has 0 saturated heterocycles. The highest BCUT2D eigenvalue weighted by Crippen LogP contribution is 2.15. The van der Waals surface area contributed by atoms with Crippen molar-refractivity contribution >= 4 is 6.09 Å². The first-order valence-electron chi connectivity index (χ1n) is 5.40. The predicted molar refractivity (Wildman–Crippen MR) is 60.6 cm³/mol. The molecule has 5 heteroatoms. The second kappa shape index (κ2) is 5.32. The summed E-state index contributed by atoms with van der Waals surface area (Å²) < 4.78 is 5.27. The normalized spacial score (nSPS) is 17.0. The molecule has 1 heterocycles. The van der Waals surface area contributed by atoms with Gasteiger partial charge in [-0.2, -0.15) is 0 Å². The Morgan fingerprint density at radius 2 is 2.25 bits per heavy atom. The van der Waals surface area contributed by atoms with E-state index in [9.17, 15) is 4.79 Å². The summed E-state index contributed by atoms with van der Waals surface area (Å²) in [6.07, 6.45) is 2.48. The smallest absolute Gasteiger partial charge is 0.410 e. The number of rotatable bonds is 2. The van der Waals surface area contributed by atoms with Crippen molar-refractivity contribution in [2.24, 2.45) is 5.90 Å². The van der Waals surface area contributed by atoms with E-state index in [2.05, 4.69) is 4.84 Å². The topological polar surface area (TPSA) is 64.8 Å². The van der Waals surface area contributed by atoms with E-state index in [-0.39, 0.29) is 6.09 Å². The molecule has 0 aliphatic carbocycles. The van der Waals surface area contributed by atoms with Crippen LogP contribution in [0.4, 0.5) is 4.79 Å². The molecule has 1 rings (SSSR count). The fourth-order valence-corrected chi connectivity index (χ4v) is 1.44. The third kappa shape index (κ3) is 4.20. The van der Waals surface area contributed by atoms with Gasteiger partial charge in [0.25, 0.3) is 0 Å². The summed E-state index contributed by atoms with van der Waals surface area (Å²) >= 11 is 0. The molecule has 0 bridgehead atoms. The summed E-state index contributed by atoms with van der Waals surface area (Å²) in [5.41, 5.74) is 0.684. The molecule has 0 aromatic heterocycles. The largest absolute Gasteiger partial charge is 0.444 e. The van der Waals surface area contributed by atoms with Crippen LogP contribution in [0.25, 0.3) is 0 Å². The molecule has 0 aromatic carbocycles. The Morgan fingerprint density at radius 3 is 2.69 bits per heavy atom. The van der Waals surface area contributed by atoms with Crippen molar-refractivity contribution in [3.63, 3.8) is 0 Å². The van der Waals surface area contributed by atoms with E-state index >= 15 is 0 Å². The average Bonchev–Trinajstić information content (AvgIpc) is 2.16. The van der Waals surface area contributed by atoms with Crippen LogP contribution in [0.3, 0.4) is 0 Å². The first-order valence-corrected chi connectivity index (χ1v) is 5.40. The third-order valence-corrected chi connectivity index (χ3v) is 2.22. The first kappa shape index (κ1) is 13.0. The lowest BCUT2D eigenvalue weighted by atomic mass is 10.1. The number of ether oxygens (including phenoxy) is 1. The number of hydrogen-bond donors (Lipinski definition) is 1. The molecule has 1 aliphatic heterocycles. The lowest BCUT2D eigenvalue weighted by Gasteiger charge is -2.29. The van der Waals surface area contributed by atoms with Crippen LogP contribution in [-0.2, 0) is 9.57 Å². The van der Waals surface area contributed by atoms with Crippen LogP contribution in [0.15, 0.2) is 11.6 Å². The third-order valence-electron chi connectivity index (χ3n) is 2.22. The van der Waals surface area contributed by atoms with Gasteiger partial charge in [-0.05, 0) is 32.8 Å². The molecule has 0 atom stereocenters. The zero-order valence-electron chi connectivity index (χ0n) is 10.2. The summed E-state index contributed by atoms with van der Waals surface area (Å²) in [4.78, 5) is 17.9. The lowest BCUT2D eigenvalue weighted by Crippen LogP contribution is -2.39. The Kier molecular flexibility index (Phi) is 4.32. The number of amides is 1. The number of carbonyl (C=O) groups is 1. The van der Waals surface area contributed by atoms with Crippen LogP contribution >= 0.6 is 0 Å². The Hall–Kier alpha value is -1.07. The minimum Gasteiger partial charge on any atom is -0.444 e. The maximum atomic E-state index is 11.7. The Morgan fingerprint density at radius 1 is 1.56 bits per heavy atom. The highest BCUT2D eigenvalue weighted by Gasteiger charge is 2.23. The standard InChI is InChI=1S/C11H20N2O3/c1-11(2,3)16-10(14)13-6-4-9(5-7-13)8-15-12/h4H,5-8,12H2,1-3H3. The number of hydrogen-bond acceptors (Lipinski definition) is 4. The van der Waals surface area contributed by atoms with Gasteiger partial charge in [-0.15, -0.1) is 0 Å². The van der Waals surface area contributed by atoms with Gasteiger partial charge in [0, 0.05) is 13.1 Å². The predicted octanol–water partition coefficient (Wildman–Crippen LogP) is 1.44. The van der Waals surface area contributed by atoms with Crippen LogP contribution in [0.5, 0.6) is 0 Å². The minimum absolute atomic E-state index is 0.267. The Labute approximate surface area is 96.1 Å². The van der Waals surface area contributed by atoms with Crippen LogP contribution in [0, 0.1) is 0 Å². The van der Waals surface area contributed by atoms with Gasteiger partial charge in [0.15, 0.2) is 0 Å². The highest BCUT2D eigenvalue weighted by atomic mass is 16.6. The van der Waals surface area contributed by atoms with Crippen molar-refractivity contribution < 1.29 is 14.4 Å². The average molecular weight is 228 g/mol. The van der Waals surface area contributed by atoms with E-state index in [0.717, 1.165) is 12.0 Å². The van der Waals surface area contributed by atoms with Gasteiger partial charge < -0.3 is 14.5 Å². The minimum atomic E-state index is -0.443. The number of nitrogens with two attached hydrogens (primary N) is 1. The Balaban J connectivity index is 2.44. The van der Waals surface area contributed by atoms with E-state index in [1.165, 1.54) is 0 Å². The summed E-state index contributed by atoms with van der Waals surface area (Å²) in [5, 5.41) is 0. The molecule has 16 heavy (non-hydrogen) atoms. The maximum absolute atomic E-state index is 11.7. The fourth-order valence-electron chi connectivity index (χ4n) is 1.44. The molecular formula is C11H20N2O3. The Bertz CT molecular complexity index is 281. The van der Waals surface area contributed by atoms with Gasteiger partial charge in [-0.3, -0.25) is 0 Å². The molecule has 0 unspecified atom stereocenters. The number of carbonyl (C=O) groups excluding carboxylic acids is 1. The summed E-state index contributed by atoms with van der Waals surface area (Å²) in [7, 11) is 0.